The maximum absolute atomic E-state index is 11.7. The molecule has 2 aromatic rings. The molecule has 0 saturated carbocycles. The number of hydrogen-bond acceptors (Lipinski definition) is 6. The van der Waals surface area contributed by atoms with Gasteiger partial charge in [0.25, 0.3) is 10.1 Å². The topological polar surface area (TPSA) is 101 Å². The standard InChI is InChI=1S/C14H22O3S.C9H12O3S.Na/c1-2-3-4-5-6-10-13-17-18(15,16)14-11-8-7-9-12-14;1-7(2)8-5-3-4-6-9(8)13(10,11)12;/h7-9,11-12H,2-6,10,13H2,1H3;3-7H,1-2H3,(H,10,11,12);/q;;+1/p-1. The van der Waals surface area contributed by atoms with Crippen molar-refractivity contribution in [3.05, 3.63) is 60.2 Å². The van der Waals surface area contributed by atoms with E-state index in [1.807, 2.05) is 13.8 Å². The monoisotopic (exact) mass is 492 g/mol. The van der Waals surface area contributed by atoms with Crippen LogP contribution in [0.4, 0.5) is 0 Å². The van der Waals surface area contributed by atoms with Crippen molar-refractivity contribution in [3.8, 4) is 0 Å². The van der Waals surface area contributed by atoms with Crippen LogP contribution in [-0.4, -0.2) is 28.0 Å². The number of benzene rings is 2. The van der Waals surface area contributed by atoms with Gasteiger partial charge in [-0.25, -0.2) is 8.42 Å². The molecule has 2 rings (SSSR count). The van der Waals surface area contributed by atoms with Crippen molar-refractivity contribution in [2.75, 3.05) is 6.61 Å². The Morgan fingerprint density at radius 1 is 0.812 bits per heavy atom. The first kappa shape index (κ1) is 31.3. The Balaban J connectivity index is 0.000000611. The second kappa shape index (κ2) is 16.0. The Morgan fingerprint density at radius 3 is 1.88 bits per heavy atom. The third-order valence-corrected chi connectivity index (χ3v) is 6.82. The molecule has 0 atom stereocenters. The minimum atomic E-state index is -4.33. The molecule has 0 spiro atoms. The zero-order chi connectivity index (χ0) is 23.3. The van der Waals surface area contributed by atoms with E-state index in [2.05, 4.69) is 6.92 Å². The van der Waals surface area contributed by atoms with Crippen LogP contribution in [0.5, 0.6) is 0 Å². The summed E-state index contributed by atoms with van der Waals surface area (Å²) in [5.41, 5.74) is 0.581. The summed E-state index contributed by atoms with van der Waals surface area (Å²) in [5, 5.41) is 0. The van der Waals surface area contributed by atoms with Crippen LogP contribution in [0.1, 0.15) is 70.8 Å². The summed E-state index contributed by atoms with van der Waals surface area (Å²) in [6.45, 7) is 6.16. The molecule has 0 aliphatic rings. The third kappa shape index (κ3) is 11.9. The van der Waals surface area contributed by atoms with Crippen molar-refractivity contribution >= 4 is 20.2 Å². The summed E-state index contributed by atoms with van der Waals surface area (Å²) in [5.74, 6) is 0.0416. The van der Waals surface area contributed by atoms with Crippen molar-refractivity contribution in [1.29, 1.82) is 0 Å². The molecule has 2 aromatic carbocycles. The first-order chi connectivity index (χ1) is 14.6. The van der Waals surface area contributed by atoms with Crippen LogP contribution in [0, 0.1) is 0 Å². The molecule has 0 saturated heterocycles. The van der Waals surface area contributed by atoms with Gasteiger partial charge in [0, 0.05) is 0 Å². The van der Waals surface area contributed by atoms with E-state index in [0.29, 0.717) is 5.56 Å². The van der Waals surface area contributed by atoms with Crippen LogP contribution >= 0.6 is 0 Å². The van der Waals surface area contributed by atoms with Gasteiger partial charge in [0.15, 0.2) is 0 Å². The molecule has 0 radical (unpaired) electrons. The zero-order valence-electron chi connectivity index (χ0n) is 19.5. The molecule has 32 heavy (non-hydrogen) atoms. The van der Waals surface area contributed by atoms with Crippen molar-refractivity contribution in [2.45, 2.75) is 75.0 Å². The fourth-order valence-corrected chi connectivity index (χ4v) is 4.69. The second-order valence-corrected chi connectivity index (χ2v) is 10.5. The van der Waals surface area contributed by atoms with E-state index in [-0.39, 0.29) is 51.9 Å². The molecule has 0 bridgehead atoms. The van der Waals surface area contributed by atoms with Gasteiger partial charge in [-0.15, -0.1) is 0 Å². The average Bonchev–Trinajstić information content (AvgIpc) is 2.73. The Labute approximate surface area is 215 Å². The Hall–Kier alpha value is -0.740. The Morgan fingerprint density at radius 2 is 1.34 bits per heavy atom. The van der Waals surface area contributed by atoms with Gasteiger partial charge in [-0.2, -0.15) is 8.42 Å². The van der Waals surface area contributed by atoms with Crippen LogP contribution in [0.25, 0.3) is 0 Å². The molecule has 0 unspecified atom stereocenters. The van der Waals surface area contributed by atoms with E-state index in [1.165, 1.54) is 25.3 Å². The van der Waals surface area contributed by atoms with E-state index in [1.54, 1.807) is 48.5 Å². The fraction of sp³-hybridized carbons (Fsp3) is 0.478. The van der Waals surface area contributed by atoms with E-state index >= 15 is 0 Å². The molecular weight excluding hydrogens is 459 g/mol. The van der Waals surface area contributed by atoms with Crippen LogP contribution in [0.2, 0.25) is 0 Å². The quantitative estimate of drug-likeness (QED) is 0.207. The zero-order valence-corrected chi connectivity index (χ0v) is 23.1. The first-order valence-electron chi connectivity index (χ1n) is 10.6. The largest absolute Gasteiger partial charge is 1.00 e. The minimum Gasteiger partial charge on any atom is -0.744 e. The minimum absolute atomic E-state index is 0. The summed E-state index contributed by atoms with van der Waals surface area (Å²) >= 11 is 0. The molecule has 0 aliphatic carbocycles. The van der Waals surface area contributed by atoms with E-state index in [0.717, 1.165) is 19.3 Å². The SMILES string of the molecule is CC(C)c1ccccc1S(=O)(=O)[O-].CCCCCCCCOS(=O)(=O)c1ccccc1.[Na+]. The molecule has 0 aromatic heterocycles. The molecule has 0 heterocycles. The van der Waals surface area contributed by atoms with Crippen molar-refractivity contribution in [1.82, 2.24) is 0 Å². The van der Waals surface area contributed by atoms with Crippen molar-refractivity contribution in [2.24, 2.45) is 0 Å². The van der Waals surface area contributed by atoms with Crippen LogP contribution in [-0.2, 0) is 24.4 Å². The van der Waals surface area contributed by atoms with Gasteiger partial charge < -0.3 is 4.55 Å². The van der Waals surface area contributed by atoms with Gasteiger partial charge >= 0.3 is 29.6 Å². The molecular formula is C23H33NaO6S2. The van der Waals surface area contributed by atoms with E-state index < -0.39 is 20.2 Å². The van der Waals surface area contributed by atoms with Gasteiger partial charge in [0.1, 0.15) is 10.1 Å². The van der Waals surface area contributed by atoms with Crippen molar-refractivity contribution in [3.63, 3.8) is 0 Å². The summed E-state index contributed by atoms with van der Waals surface area (Å²) in [6, 6.07) is 14.6. The van der Waals surface area contributed by atoms with Crippen molar-refractivity contribution < 1.29 is 55.1 Å². The maximum atomic E-state index is 11.7. The first-order valence-corrected chi connectivity index (χ1v) is 13.4. The summed E-state index contributed by atoms with van der Waals surface area (Å²) in [7, 11) is -7.89. The van der Waals surface area contributed by atoms with E-state index in [9.17, 15) is 21.4 Å². The summed E-state index contributed by atoms with van der Waals surface area (Å²) in [6.07, 6.45) is 6.69. The average molecular weight is 493 g/mol. The molecule has 0 fully saturated rings. The fourth-order valence-electron chi connectivity index (χ4n) is 2.89. The molecule has 6 nitrogen and oxygen atoms in total. The molecule has 0 aliphatic heterocycles. The maximum Gasteiger partial charge on any atom is 1.00 e. The molecule has 9 heteroatoms. The van der Waals surface area contributed by atoms with Gasteiger partial charge in [-0.3, -0.25) is 4.18 Å². The predicted octanol–water partition coefficient (Wildman–Crippen LogP) is 2.47. The van der Waals surface area contributed by atoms with Gasteiger partial charge in [-0.05, 0) is 36.1 Å². The number of rotatable bonds is 11. The smallest absolute Gasteiger partial charge is 0.744 e. The van der Waals surface area contributed by atoms with Crippen LogP contribution < -0.4 is 29.6 Å². The molecule has 0 amide bonds. The predicted molar refractivity (Wildman–Crippen MR) is 121 cm³/mol. The van der Waals surface area contributed by atoms with Gasteiger partial charge in [0.2, 0.25) is 0 Å². The molecule has 0 N–H and O–H groups in total. The molecule has 174 valence electrons. The van der Waals surface area contributed by atoms with Crippen LogP contribution in [0.15, 0.2) is 64.4 Å². The van der Waals surface area contributed by atoms with Gasteiger partial charge in [-0.1, -0.05) is 89.3 Å². The van der Waals surface area contributed by atoms with Gasteiger partial charge in [0.05, 0.1) is 16.4 Å². The normalized spacial score (nSPS) is 11.4. The summed E-state index contributed by atoms with van der Waals surface area (Å²) < 4.78 is 60.9. The Kier molecular flexibility index (Phi) is 15.6. The number of unbranched alkanes of at least 4 members (excludes halogenated alkanes) is 5. The third-order valence-electron chi connectivity index (χ3n) is 4.58. The summed E-state index contributed by atoms with van der Waals surface area (Å²) in [4.78, 5) is 0.126. The number of hydrogen-bond donors (Lipinski definition) is 0. The second-order valence-electron chi connectivity index (χ2n) is 7.50. The van der Waals surface area contributed by atoms with Crippen LogP contribution in [0.3, 0.4) is 0 Å². The Bertz CT molecular complexity index is 975. The van der Waals surface area contributed by atoms with E-state index in [4.69, 9.17) is 4.18 Å².